The van der Waals surface area contributed by atoms with Crippen LogP contribution in [0, 0.1) is 5.92 Å². The van der Waals surface area contributed by atoms with E-state index in [-0.39, 0.29) is 28.9 Å². The van der Waals surface area contributed by atoms with Crippen molar-refractivity contribution in [2.24, 2.45) is 5.92 Å². The van der Waals surface area contributed by atoms with E-state index in [1.807, 2.05) is 13.8 Å². The van der Waals surface area contributed by atoms with Crippen LogP contribution >= 0.6 is 11.6 Å². The van der Waals surface area contributed by atoms with Gasteiger partial charge in [-0.1, -0.05) is 25.4 Å². The van der Waals surface area contributed by atoms with Crippen LogP contribution in [0.3, 0.4) is 0 Å². The molecule has 27 heavy (non-hydrogen) atoms. The SMILES string of the molecule is CC(C)CN(C(=O)CN(C)S(=O)(=O)c1ccc(Cl)cc1)[C@H]1CCS(=O)(=O)C1. The molecule has 1 aliphatic heterocycles. The number of rotatable bonds is 7. The highest BCUT2D eigenvalue weighted by Crippen LogP contribution is 2.21. The van der Waals surface area contributed by atoms with Gasteiger partial charge in [0.1, 0.15) is 0 Å². The van der Waals surface area contributed by atoms with Crippen LogP contribution < -0.4 is 0 Å². The van der Waals surface area contributed by atoms with Crippen LogP contribution in [0.25, 0.3) is 0 Å². The summed E-state index contributed by atoms with van der Waals surface area (Å²) in [5.41, 5.74) is 0. The monoisotopic (exact) mass is 436 g/mol. The van der Waals surface area contributed by atoms with E-state index in [0.29, 0.717) is 18.0 Å². The average Bonchev–Trinajstić information content (AvgIpc) is 2.92. The Kier molecular flexibility index (Phi) is 6.94. The number of sulfonamides is 1. The first-order valence-corrected chi connectivity index (χ1v) is 12.3. The lowest BCUT2D eigenvalue weighted by atomic mass is 10.1. The Hall–Kier alpha value is -1.16. The van der Waals surface area contributed by atoms with Gasteiger partial charge in [0.05, 0.1) is 22.9 Å². The third-order valence-electron chi connectivity index (χ3n) is 4.41. The molecule has 1 amide bonds. The minimum atomic E-state index is -3.85. The molecule has 2 rings (SSSR count). The molecule has 0 N–H and O–H groups in total. The van der Waals surface area contributed by atoms with Gasteiger partial charge >= 0.3 is 0 Å². The molecule has 0 radical (unpaired) electrons. The normalized spacial score (nSPS) is 19.6. The maximum absolute atomic E-state index is 12.8. The van der Waals surface area contributed by atoms with Crippen molar-refractivity contribution in [2.45, 2.75) is 31.2 Å². The second-order valence-corrected chi connectivity index (χ2v) is 11.9. The number of hydrogen-bond acceptors (Lipinski definition) is 5. The van der Waals surface area contributed by atoms with E-state index in [1.165, 1.54) is 36.2 Å². The molecule has 1 aliphatic rings. The first-order valence-electron chi connectivity index (χ1n) is 8.64. The van der Waals surface area contributed by atoms with Crippen LogP contribution in [-0.2, 0) is 24.7 Å². The second kappa shape index (κ2) is 8.46. The van der Waals surface area contributed by atoms with Gasteiger partial charge in [0.15, 0.2) is 9.84 Å². The van der Waals surface area contributed by atoms with Crippen molar-refractivity contribution < 1.29 is 21.6 Å². The summed E-state index contributed by atoms with van der Waals surface area (Å²) in [6, 6.07) is 5.30. The van der Waals surface area contributed by atoms with Gasteiger partial charge in [-0.25, -0.2) is 16.8 Å². The summed E-state index contributed by atoms with van der Waals surface area (Å²) in [4.78, 5) is 14.4. The lowest BCUT2D eigenvalue weighted by Crippen LogP contribution is -2.48. The first kappa shape index (κ1) is 22.1. The van der Waals surface area contributed by atoms with Crippen molar-refractivity contribution >= 4 is 37.4 Å². The van der Waals surface area contributed by atoms with Gasteiger partial charge < -0.3 is 4.90 Å². The number of amides is 1. The molecule has 0 spiro atoms. The van der Waals surface area contributed by atoms with Crippen molar-refractivity contribution in [1.29, 1.82) is 0 Å². The molecule has 1 saturated heterocycles. The molecule has 152 valence electrons. The van der Waals surface area contributed by atoms with Crippen molar-refractivity contribution in [1.82, 2.24) is 9.21 Å². The summed E-state index contributed by atoms with van der Waals surface area (Å²) in [5.74, 6) is -0.279. The average molecular weight is 437 g/mol. The number of likely N-dealkylation sites (N-methyl/N-ethyl adjacent to an activating group) is 1. The zero-order chi connectivity index (χ0) is 20.4. The van der Waals surface area contributed by atoms with Crippen LogP contribution in [0.4, 0.5) is 0 Å². The summed E-state index contributed by atoms with van der Waals surface area (Å²) in [6.07, 6.45) is 0.383. The predicted octanol–water partition coefficient (Wildman–Crippen LogP) is 1.63. The van der Waals surface area contributed by atoms with Gasteiger partial charge in [0.2, 0.25) is 15.9 Å². The van der Waals surface area contributed by atoms with Crippen LogP contribution in [0.2, 0.25) is 5.02 Å². The van der Waals surface area contributed by atoms with Crippen molar-refractivity contribution in [3.63, 3.8) is 0 Å². The molecule has 0 unspecified atom stereocenters. The van der Waals surface area contributed by atoms with Gasteiger partial charge in [-0.15, -0.1) is 0 Å². The quantitative estimate of drug-likeness (QED) is 0.647. The largest absolute Gasteiger partial charge is 0.337 e. The Balaban J connectivity index is 2.17. The van der Waals surface area contributed by atoms with Crippen LogP contribution in [0.15, 0.2) is 29.2 Å². The van der Waals surface area contributed by atoms with Crippen molar-refractivity contribution in [2.75, 3.05) is 31.6 Å². The Morgan fingerprint density at radius 3 is 2.33 bits per heavy atom. The van der Waals surface area contributed by atoms with Gasteiger partial charge in [-0.05, 0) is 36.6 Å². The van der Waals surface area contributed by atoms with Crippen LogP contribution in [0.1, 0.15) is 20.3 Å². The molecular weight excluding hydrogens is 412 g/mol. The summed E-state index contributed by atoms with van der Waals surface area (Å²) < 4.78 is 49.9. The van der Waals surface area contributed by atoms with E-state index in [4.69, 9.17) is 11.6 Å². The molecular formula is C17H25ClN2O5S2. The fraction of sp³-hybridized carbons (Fsp3) is 0.588. The number of carbonyl (C=O) groups is 1. The van der Waals surface area contributed by atoms with Gasteiger partial charge in [0, 0.05) is 24.7 Å². The van der Waals surface area contributed by atoms with E-state index in [2.05, 4.69) is 0 Å². The first-order chi connectivity index (χ1) is 12.4. The number of carbonyl (C=O) groups excluding carboxylic acids is 1. The van der Waals surface area contributed by atoms with E-state index in [9.17, 15) is 21.6 Å². The van der Waals surface area contributed by atoms with Crippen molar-refractivity contribution in [3.8, 4) is 0 Å². The fourth-order valence-corrected chi connectivity index (χ4v) is 6.00. The van der Waals surface area contributed by atoms with E-state index < -0.39 is 31.8 Å². The highest BCUT2D eigenvalue weighted by molar-refractivity contribution is 7.91. The number of sulfone groups is 1. The second-order valence-electron chi connectivity index (χ2n) is 7.21. The fourth-order valence-electron chi connectivity index (χ4n) is 3.02. The Morgan fingerprint density at radius 2 is 1.85 bits per heavy atom. The highest BCUT2D eigenvalue weighted by Gasteiger charge is 2.36. The topological polar surface area (TPSA) is 91.8 Å². The van der Waals surface area contributed by atoms with Gasteiger partial charge in [-0.2, -0.15) is 4.31 Å². The molecule has 1 aromatic rings. The molecule has 0 aromatic heterocycles. The highest BCUT2D eigenvalue weighted by atomic mass is 35.5. The molecule has 1 aromatic carbocycles. The number of hydrogen-bond donors (Lipinski definition) is 0. The van der Waals surface area contributed by atoms with Crippen molar-refractivity contribution in [3.05, 3.63) is 29.3 Å². The molecule has 1 heterocycles. The number of halogens is 1. The molecule has 7 nitrogen and oxygen atoms in total. The summed E-state index contributed by atoms with van der Waals surface area (Å²) in [5, 5.41) is 0.415. The summed E-state index contributed by atoms with van der Waals surface area (Å²) in [7, 11) is -5.67. The lowest BCUT2D eigenvalue weighted by molar-refractivity contribution is -0.133. The minimum absolute atomic E-state index is 0.0426. The Bertz CT molecular complexity index is 882. The predicted molar refractivity (Wildman–Crippen MR) is 105 cm³/mol. The van der Waals surface area contributed by atoms with Gasteiger partial charge in [-0.3, -0.25) is 4.79 Å². The molecule has 0 bridgehead atoms. The molecule has 0 aliphatic carbocycles. The third-order valence-corrected chi connectivity index (χ3v) is 8.23. The number of nitrogens with zero attached hydrogens (tertiary/aromatic N) is 2. The Labute approximate surface area is 166 Å². The number of benzene rings is 1. The summed E-state index contributed by atoms with van der Waals surface area (Å²) >= 11 is 5.79. The molecule has 0 saturated carbocycles. The lowest BCUT2D eigenvalue weighted by Gasteiger charge is -2.31. The maximum atomic E-state index is 12.8. The zero-order valence-corrected chi connectivity index (χ0v) is 18.0. The smallest absolute Gasteiger partial charge is 0.243 e. The molecule has 10 heteroatoms. The van der Waals surface area contributed by atoms with Crippen LogP contribution in [-0.4, -0.2) is 69.6 Å². The minimum Gasteiger partial charge on any atom is -0.337 e. The van der Waals surface area contributed by atoms with Crippen LogP contribution in [0.5, 0.6) is 0 Å². The maximum Gasteiger partial charge on any atom is 0.243 e. The van der Waals surface area contributed by atoms with E-state index in [1.54, 1.807) is 0 Å². The standard InChI is InChI=1S/C17H25ClN2O5S2/c1-13(2)10-20(15-8-9-26(22,23)12-15)17(21)11-19(3)27(24,25)16-6-4-14(18)5-7-16/h4-7,13,15H,8-12H2,1-3H3/t15-/m0/s1. The van der Waals surface area contributed by atoms with E-state index in [0.717, 1.165) is 4.31 Å². The third kappa shape index (κ3) is 5.66. The Morgan fingerprint density at radius 1 is 1.26 bits per heavy atom. The van der Waals surface area contributed by atoms with Gasteiger partial charge in [0.25, 0.3) is 0 Å². The molecule has 1 fully saturated rings. The van der Waals surface area contributed by atoms with E-state index >= 15 is 0 Å². The zero-order valence-electron chi connectivity index (χ0n) is 15.6. The summed E-state index contributed by atoms with van der Waals surface area (Å²) in [6.45, 7) is 3.89. The molecule has 1 atom stereocenters.